The largest absolute Gasteiger partial charge is 0.478 e. The zero-order valence-corrected chi connectivity index (χ0v) is 15.6. The molecule has 0 aliphatic carbocycles. The summed E-state index contributed by atoms with van der Waals surface area (Å²) in [6.45, 7) is 12.0. The van der Waals surface area contributed by atoms with Crippen LogP contribution in [0, 0.1) is 6.92 Å². The van der Waals surface area contributed by atoms with Crippen molar-refractivity contribution in [2.24, 2.45) is 5.73 Å². The Bertz CT molecular complexity index is 751. The Morgan fingerprint density at radius 3 is 2.46 bits per heavy atom. The standard InChI is InChI=1S/C20H30N2O2/c1-6-7-10-22-13(2)15(8-9-21)16-11-14(20(3,4)5)12-17(18(16)22)19(23)24/h11-12H,6-10,21H2,1-5H3,(H,23,24). The first-order valence-corrected chi connectivity index (χ1v) is 8.81. The van der Waals surface area contributed by atoms with Crippen LogP contribution in [0.15, 0.2) is 12.1 Å². The predicted molar refractivity (Wildman–Crippen MR) is 100 cm³/mol. The second-order valence-corrected chi connectivity index (χ2v) is 7.58. The van der Waals surface area contributed by atoms with Gasteiger partial charge in [0.05, 0.1) is 11.1 Å². The van der Waals surface area contributed by atoms with Gasteiger partial charge in [0.25, 0.3) is 0 Å². The first kappa shape index (κ1) is 18.5. The van der Waals surface area contributed by atoms with Crippen LogP contribution in [0.1, 0.15) is 67.7 Å². The number of carboxylic acid groups (broad SMARTS) is 1. The highest BCUT2D eigenvalue weighted by molar-refractivity contribution is 6.04. The molecule has 1 aromatic heterocycles. The summed E-state index contributed by atoms with van der Waals surface area (Å²) >= 11 is 0. The highest BCUT2D eigenvalue weighted by atomic mass is 16.4. The van der Waals surface area contributed by atoms with Crippen LogP contribution in [-0.2, 0) is 18.4 Å². The molecule has 2 aromatic rings. The van der Waals surface area contributed by atoms with Gasteiger partial charge in [-0.25, -0.2) is 4.79 Å². The van der Waals surface area contributed by atoms with Gasteiger partial charge < -0.3 is 15.4 Å². The number of aromatic carboxylic acids is 1. The molecule has 0 atom stereocenters. The maximum absolute atomic E-state index is 12.0. The van der Waals surface area contributed by atoms with Crippen molar-refractivity contribution in [2.45, 2.75) is 65.8 Å². The molecule has 132 valence electrons. The van der Waals surface area contributed by atoms with E-state index < -0.39 is 5.97 Å². The Labute approximate surface area is 144 Å². The zero-order chi connectivity index (χ0) is 18.1. The first-order valence-electron chi connectivity index (χ1n) is 8.81. The van der Waals surface area contributed by atoms with Crippen molar-refractivity contribution < 1.29 is 9.90 Å². The quantitative estimate of drug-likeness (QED) is 0.832. The molecule has 0 saturated carbocycles. The fourth-order valence-corrected chi connectivity index (χ4v) is 3.33. The average molecular weight is 330 g/mol. The van der Waals surface area contributed by atoms with Crippen LogP contribution in [0.4, 0.5) is 0 Å². The third-order valence-electron chi connectivity index (χ3n) is 4.77. The fraction of sp³-hybridized carbons (Fsp3) is 0.550. The molecule has 0 radical (unpaired) electrons. The maximum Gasteiger partial charge on any atom is 0.337 e. The lowest BCUT2D eigenvalue weighted by molar-refractivity contribution is 0.0698. The summed E-state index contributed by atoms with van der Waals surface area (Å²) in [6, 6.07) is 4.01. The Hall–Kier alpha value is -1.81. The van der Waals surface area contributed by atoms with E-state index >= 15 is 0 Å². The summed E-state index contributed by atoms with van der Waals surface area (Å²) in [6.07, 6.45) is 2.88. The van der Waals surface area contributed by atoms with Crippen LogP contribution < -0.4 is 5.73 Å². The number of fused-ring (bicyclic) bond motifs is 1. The number of nitrogens with zero attached hydrogens (tertiary/aromatic N) is 1. The van der Waals surface area contributed by atoms with Crippen LogP contribution >= 0.6 is 0 Å². The third-order valence-corrected chi connectivity index (χ3v) is 4.77. The van der Waals surface area contributed by atoms with Gasteiger partial charge in [-0.2, -0.15) is 0 Å². The summed E-state index contributed by atoms with van der Waals surface area (Å²) in [5.74, 6) is -0.861. The smallest absolute Gasteiger partial charge is 0.337 e. The Morgan fingerprint density at radius 1 is 1.29 bits per heavy atom. The molecular weight excluding hydrogens is 300 g/mol. The lowest BCUT2D eigenvalue weighted by Gasteiger charge is -2.20. The van der Waals surface area contributed by atoms with E-state index in [1.807, 2.05) is 6.07 Å². The van der Waals surface area contributed by atoms with Gasteiger partial charge in [0, 0.05) is 17.6 Å². The van der Waals surface area contributed by atoms with Crippen LogP contribution in [0.25, 0.3) is 10.9 Å². The topological polar surface area (TPSA) is 68.2 Å². The molecule has 0 bridgehead atoms. The second kappa shape index (κ2) is 6.98. The van der Waals surface area contributed by atoms with Crippen molar-refractivity contribution in [3.63, 3.8) is 0 Å². The minimum atomic E-state index is -0.861. The van der Waals surface area contributed by atoms with Crippen molar-refractivity contribution in [1.82, 2.24) is 4.57 Å². The number of carbonyl (C=O) groups is 1. The summed E-state index contributed by atoms with van der Waals surface area (Å²) in [4.78, 5) is 12.0. The van der Waals surface area contributed by atoms with Gasteiger partial charge in [-0.05, 0) is 55.0 Å². The van der Waals surface area contributed by atoms with Gasteiger partial charge >= 0.3 is 5.97 Å². The normalized spacial score (nSPS) is 12.1. The van der Waals surface area contributed by atoms with Crippen molar-refractivity contribution in [3.8, 4) is 0 Å². The van der Waals surface area contributed by atoms with Crippen molar-refractivity contribution in [3.05, 3.63) is 34.5 Å². The summed E-state index contributed by atoms with van der Waals surface area (Å²) in [5, 5.41) is 10.9. The molecule has 1 aromatic carbocycles. The molecule has 0 saturated heterocycles. The maximum atomic E-state index is 12.0. The van der Waals surface area contributed by atoms with E-state index in [1.165, 1.54) is 5.56 Å². The van der Waals surface area contributed by atoms with Crippen LogP contribution in [-0.4, -0.2) is 22.2 Å². The summed E-state index contributed by atoms with van der Waals surface area (Å²) < 4.78 is 2.18. The van der Waals surface area contributed by atoms with E-state index in [1.54, 1.807) is 0 Å². The van der Waals surface area contributed by atoms with Crippen molar-refractivity contribution in [2.75, 3.05) is 6.54 Å². The minimum Gasteiger partial charge on any atom is -0.478 e. The minimum absolute atomic E-state index is 0.0994. The molecule has 3 N–H and O–H groups in total. The number of hydrogen-bond acceptors (Lipinski definition) is 2. The van der Waals surface area contributed by atoms with Gasteiger partial charge in [0.15, 0.2) is 0 Å². The number of carboxylic acids is 1. The predicted octanol–water partition coefficient (Wildman–Crippen LogP) is 4.25. The lowest BCUT2D eigenvalue weighted by atomic mass is 9.84. The molecule has 0 spiro atoms. The Kier molecular flexibility index (Phi) is 5.38. The summed E-state index contributed by atoms with van der Waals surface area (Å²) in [7, 11) is 0. The highest BCUT2D eigenvalue weighted by Gasteiger charge is 2.24. The number of rotatable bonds is 6. The number of aromatic nitrogens is 1. The van der Waals surface area contributed by atoms with E-state index in [0.29, 0.717) is 12.1 Å². The zero-order valence-electron chi connectivity index (χ0n) is 15.6. The number of hydrogen-bond donors (Lipinski definition) is 2. The van der Waals surface area contributed by atoms with Crippen LogP contribution in [0.2, 0.25) is 0 Å². The second-order valence-electron chi connectivity index (χ2n) is 7.58. The van der Waals surface area contributed by atoms with Crippen LogP contribution in [0.5, 0.6) is 0 Å². The third kappa shape index (κ3) is 3.34. The highest BCUT2D eigenvalue weighted by Crippen LogP contribution is 2.34. The molecular formula is C20H30N2O2. The van der Waals surface area contributed by atoms with Gasteiger partial charge in [0.2, 0.25) is 0 Å². The van der Waals surface area contributed by atoms with Gasteiger partial charge in [0.1, 0.15) is 0 Å². The fourth-order valence-electron chi connectivity index (χ4n) is 3.33. The molecule has 4 nitrogen and oxygen atoms in total. The monoisotopic (exact) mass is 330 g/mol. The lowest BCUT2D eigenvalue weighted by Crippen LogP contribution is -2.13. The first-order chi connectivity index (χ1) is 11.2. The van der Waals surface area contributed by atoms with Gasteiger partial charge in [-0.15, -0.1) is 0 Å². The van der Waals surface area contributed by atoms with E-state index in [0.717, 1.165) is 48.0 Å². The van der Waals surface area contributed by atoms with Crippen molar-refractivity contribution in [1.29, 1.82) is 0 Å². The molecule has 4 heteroatoms. The molecule has 2 rings (SSSR count). The SMILES string of the molecule is CCCCn1c(C)c(CCN)c2cc(C(C)(C)C)cc(C(=O)O)c21. The molecule has 1 heterocycles. The van der Waals surface area contributed by atoms with E-state index in [-0.39, 0.29) is 5.41 Å². The Morgan fingerprint density at radius 2 is 1.96 bits per heavy atom. The molecule has 0 fully saturated rings. The molecule has 0 aliphatic rings. The van der Waals surface area contributed by atoms with Crippen molar-refractivity contribution >= 4 is 16.9 Å². The van der Waals surface area contributed by atoms with Crippen LogP contribution in [0.3, 0.4) is 0 Å². The number of aryl methyl sites for hydroxylation is 1. The van der Waals surface area contributed by atoms with Gasteiger partial charge in [-0.3, -0.25) is 0 Å². The van der Waals surface area contributed by atoms with E-state index in [9.17, 15) is 9.90 Å². The number of benzene rings is 1. The number of unbranched alkanes of at least 4 members (excludes halogenated alkanes) is 1. The van der Waals surface area contributed by atoms with Gasteiger partial charge in [-0.1, -0.05) is 34.1 Å². The summed E-state index contributed by atoms with van der Waals surface area (Å²) in [5.41, 5.74) is 10.4. The molecule has 0 amide bonds. The van der Waals surface area contributed by atoms with E-state index in [2.05, 4.69) is 45.3 Å². The number of nitrogens with two attached hydrogens (primary N) is 1. The Balaban J connectivity index is 2.87. The average Bonchev–Trinajstić information content (AvgIpc) is 2.76. The van der Waals surface area contributed by atoms with E-state index in [4.69, 9.17) is 5.73 Å². The molecule has 0 aliphatic heterocycles. The molecule has 0 unspecified atom stereocenters. The molecule has 24 heavy (non-hydrogen) atoms.